The molecule has 78 valence electrons. The van der Waals surface area contributed by atoms with Crippen LogP contribution in [0.4, 0.5) is 5.00 Å². The summed E-state index contributed by atoms with van der Waals surface area (Å²) >= 11 is 5.12. The molecular formula is C9H13BrN2OS. The molecule has 0 aromatic carbocycles. The molecule has 0 bridgehead atoms. The van der Waals surface area contributed by atoms with Crippen molar-refractivity contribution in [2.45, 2.75) is 0 Å². The molecule has 1 fully saturated rings. The summed E-state index contributed by atoms with van der Waals surface area (Å²) < 4.78 is 6.32. The molecule has 1 aromatic rings. The number of thiophene rings is 1. The molecule has 0 amide bonds. The lowest BCUT2D eigenvalue weighted by Gasteiger charge is -2.40. The molecule has 1 saturated heterocycles. The third-order valence-electron chi connectivity index (χ3n) is 2.45. The molecular weight excluding hydrogens is 264 g/mol. The van der Waals surface area contributed by atoms with E-state index in [-0.39, 0.29) is 5.41 Å². The third-order valence-corrected chi connectivity index (χ3v) is 4.10. The molecule has 1 aliphatic heterocycles. The highest BCUT2D eigenvalue weighted by Gasteiger charge is 2.36. The second-order valence-electron chi connectivity index (χ2n) is 3.68. The van der Waals surface area contributed by atoms with E-state index >= 15 is 0 Å². The van der Waals surface area contributed by atoms with Gasteiger partial charge in [0.1, 0.15) is 0 Å². The van der Waals surface area contributed by atoms with Crippen LogP contribution in [0.25, 0.3) is 0 Å². The molecule has 2 rings (SSSR count). The van der Waals surface area contributed by atoms with Crippen LogP contribution in [0.15, 0.2) is 15.9 Å². The standard InChI is InChI=1S/C9H13BrN2OS/c10-7-1-8(14-2-7)12-4-9(3-11)5-13-6-9/h1-2,12H,3-6,11H2. The van der Waals surface area contributed by atoms with Gasteiger partial charge in [0.15, 0.2) is 0 Å². The fourth-order valence-corrected chi connectivity index (χ4v) is 2.68. The Morgan fingerprint density at radius 1 is 1.64 bits per heavy atom. The molecule has 0 radical (unpaired) electrons. The van der Waals surface area contributed by atoms with Crippen LogP contribution in [-0.4, -0.2) is 26.3 Å². The van der Waals surface area contributed by atoms with Crippen LogP contribution in [0.3, 0.4) is 0 Å². The number of halogens is 1. The highest BCUT2D eigenvalue weighted by Crippen LogP contribution is 2.29. The Labute approximate surface area is 95.8 Å². The Morgan fingerprint density at radius 3 is 2.86 bits per heavy atom. The Morgan fingerprint density at radius 2 is 2.43 bits per heavy atom. The van der Waals surface area contributed by atoms with Gasteiger partial charge >= 0.3 is 0 Å². The lowest BCUT2D eigenvalue weighted by Crippen LogP contribution is -2.52. The van der Waals surface area contributed by atoms with Crippen LogP contribution < -0.4 is 11.1 Å². The van der Waals surface area contributed by atoms with Gasteiger partial charge in [-0.3, -0.25) is 0 Å². The lowest BCUT2D eigenvalue weighted by atomic mass is 9.86. The smallest absolute Gasteiger partial charge is 0.0894 e. The molecule has 1 aromatic heterocycles. The van der Waals surface area contributed by atoms with Crippen molar-refractivity contribution in [3.63, 3.8) is 0 Å². The first-order chi connectivity index (χ1) is 6.74. The zero-order chi connectivity index (χ0) is 10.0. The average molecular weight is 277 g/mol. The van der Waals surface area contributed by atoms with E-state index in [9.17, 15) is 0 Å². The maximum absolute atomic E-state index is 5.71. The summed E-state index contributed by atoms with van der Waals surface area (Å²) in [6.45, 7) is 3.15. The van der Waals surface area contributed by atoms with Crippen LogP contribution in [-0.2, 0) is 4.74 Å². The summed E-state index contributed by atoms with van der Waals surface area (Å²) in [4.78, 5) is 0. The summed E-state index contributed by atoms with van der Waals surface area (Å²) in [5.74, 6) is 0. The molecule has 1 aliphatic rings. The highest BCUT2D eigenvalue weighted by molar-refractivity contribution is 9.10. The Bertz CT molecular complexity index is 306. The van der Waals surface area contributed by atoms with Crippen molar-refractivity contribution >= 4 is 32.3 Å². The van der Waals surface area contributed by atoms with E-state index < -0.39 is 0 Å². The fraction of sp³-hybridized carbons (Fsp3) is 0.556. The van der Waals surface area contributed by atoms with Gasteiger partial charge in [-0.1, -0.05) is 0 Å². The molecule has 14 heavy (non-hydrogen) atoms. The first kappa shape index (κ1) is 10.4. The molecule has 0 spiro atoms. The van der Waals surface area contributed by atoms with Crippen molar-refractivity contribution in [1.29, 1.82) is 0 Å². The normalized spacial score (nSPS) is 19.0. The lowest BCUT2D eigenvalue weighted by molar-refractivity contribution is -0.0979. The summed E-state index contributed by atoms with van der Waals surface area (Å²) in [7, 11) is 0. The van der Waals surface area contributed by atoms with Crippen molar-refractivity contribution in [2.24, 2.45) is 11.1 Å². The van der Waals surface area contributed by atoms with Gasteiger partial charge in [-0.15, -0.1) is 11.3 Å². The maximum Gasteiger partial charge on any atom is 0.0894 e. The first-order valence-electron chi connectivity index (χ1n) is 4.50. The van der Waals surface area contributed by atoms with Gasteiger partial charge in [-0.05, 0) is 22.0 Å². The molecule has 0 atom stereocenters. The van der Waals surface area contributed by atoms with Gasteiger partial charge in [0.05, 0.1) is 18.2 Å². The van der Waals surface area contributed by atoms with Gasteiger partial charge in [0.2, 0.25) is 0 Å². The zero-order valence-electron chi connectivity index (χ0n) is 7.75. The van der Waals surface area contributed by atoms with E-state index in [1.54, 1.807) is 11.3 Å². The Kier molecular flexibility index (Phi) is 3.11. The number of rotatable bonds is 4. The molecule has 3 N–H and O–H groups in total. The van der Waals surface area contributed by atoms with Crippen LogP contribution >= 0.6 is 27.3 Å². The Balaban J connectivity index is 1.87. The van der Waals surface area contributed by atoms with E-state index in [4.69, 9.17) is 10.5 Å². The largest absolute Gasteiger partial charge is 0.380 e. The van der Waals surface area contributed by atoms with Crippen LogP contribution in [0.1, 0.15) is 0 Å². The van der Waals surface area contributed by atoms with Crippen molar-refractivity contribution in [1.82, 2.24) is 0 Å². The second-order valence-corrected chi connectivity index (χ2v) is 5.51. The number of ether oxygens (including phenoxy) is 1. The van der Waals surface area contributed by atoms with Crippen molar-refractivity contribution in [3.8, 4) is 0 Å². The predicted molar refractivity (Wildman–Crippen MR) is 62.8 cm³/mol. The van der Waals surface area contributed by atoms with Gasteiger partial charge in [-0.2, -0.15) is 0 Å². The fourth-order valence-electron chi connectivity index (χ4n) is 1.36. The van der Waals surface area contributed by atoms with Gasteiger partial charge in [0.25, 0.3) is 0 Å². The van der Waals surface area contributed by atoms with Crippen molar-refractivity contribution in [2.75, 3.05) is 31.6 Å². The van der Waals surface area contributed by atoms with Crippen LogP contribution in [0.5, 0.6) is 0 Å². The summed E-state index contributed by atoms with van der Waals surface area (Å²) in [5.41, 5.74) is 5.88. The van der Waals surface area contributed by atoms with Gasteiger partial charge < -0.3 is 15.8 Å². The van der Waals surface area contributed by atoms with Crippen molar-refractivity contribution < 1.29 is 4.74 Å². The van der Waals surface area contributed by atoms with E-state index in [1.165, 1.54) is 5.00 Å². The quantitative estimate of drug-likeness (QED) is 0.883. The minimum absolute atomic E-state index is 0.163. The predicted octanol–water partition coefficient (Wildman–Crippen LogP) is 1.90. The first-order valence-corrected chi connectivity index (χ1v) is 6.17. The minimum Gasteiger partial charge on any atom is -0.380 e. The van der Waals surface area contributed by atoms with E-state index in [2.05, 4.69) is 32.7 Å². The Hall–Kier alpha value is -0.100. The maximum atomic E-state index is 5.71. The van der Waals surface area contributed by atoms with Gasteiger partial charge in [0, 0.05) is 28.4 Å². The summed E-state index contributed by atoms with van der Waals surface area (Å²) in [6, 6.07) is 2.08. The SMILES string of the molecule is NCC1(CNc2cc(Br)cs2)COC1. The van der Waals surface area contributed by atoms with E-state index in [1.807, 2.05) is 0 Å². The molecule has 0 saturated carbocycles. The third kappa shape index (κ3) is 2.11. The monoisotopic (exact) mass is 276 g/mol. The van der Waals surface area contributed by atoms with E-state index in [0.717, 1.165) is 24.2 Å². The number of anilines is 1. The van der Waals surface area contributed by atoms with E-state index in [0.29, 0.717) is 6.54 Å². The summed E-state index contributed by atoms with van der Waals surface area (Å²) in [5, 5.41) is 6.63. The highest BCUT2D eigenvalue weighted by atomic mass is 79.9. The number of hydrogen-bond donors (Lipinski definition) is 2. The summed E-state index contributed by atoms with van der Waals surface area (Å²) in [6.07, 6.45) is 0. The second kappa shape index (κ2) is 4.18. The molecule has 0 aliphatic carbocycles. The number of nitrogens with one attached hydrogen (secondary N) is 1. The molecule has 3 nitrogen and oxygen atoms in total. The van der Waals surface area contributed by atoms with Gasteiger partial charge in [-0.25, -0.2) is 0 Å². The average Bonchev–Trinajstić information content (AvgIpc) is 2.50. The minimum atomic E-state index is 0.163. The van der Waals surface area contributed by atoms with Crippen molar-refractivity contribution in [3.05, 3.63) is 15.9 Å². The van der Waals surface area contributed by atoms with Crippen LogP contribution in [0.2, 0.25) is 0 Å². The number of nitrogens with two attached hydrogens (primary N) is 1. The van der Waals surface area contributed by atoms with Crippen LogP contribution in [0, 0.1) is 5.41 Å². The topological polar surface area (TPSA) is 47.3 Å². The molecule has 5 heteroatoms. The molecule has 0 unspecified atom stereocenters. The number of hydrogen-bond acceptors (Lipinski definition) is 4. The molecule has 2 heterocycles. The zero-order valence-corrected chi connectivity index (χ0v) is 10.2.